The zero-order chi connectivity index (χ0) is 20.9. The molecule has 1 N–H and O–H groups in total. The van der Waals surface area contributed by atoms with E-state index in [0.29, 0.717) is 11.0 Å². The van der Waals surface area contributed by atoms with Gasteiger partial charge in [-0.25, -0.2) is 4.39 Å². The first-order valence-electron chi connectivity index (χ1n) is 7.75. The van der Waals surface area contributed by atoms with Gasteiger partial charge in [-0.15, -0.1) is 16.7 Å². The Balaban J connectivity index is 2.18. The molecule has 2 aromatic carbocycles. The van der Waals surface area contributed by atoms with Crippen molar-refractivity contribution in [3.8, 4) is 6.07 Å². The first-order chi connectivity index (χ1) is 13.1. The lowest BCUT2D eigenvalue weighted by Gasteiger charge is -2.21. The van der Waals surface area contributed by atoms with Crippen LogP contribution in [0.1, 0.15) is 18.1 Å². The standard InChI is InChI=1S/C18H13F4N3O2S/c1-17(25-27,10-28-14-6-3-12(19)4-7-14)16(26)24-13-5-2-11(9-23)15(8-13)18(20,21)22/h2-8H,10H2,1H3,(H,24,26). The third-order valence-electron chi connectivity index (χ3n) is 3.73. The highest BCUT2D eigenvalue weighted by molar-refractivity contribution is 7.99. The van der Waals surface area contributed by atoms with Crippen LogP contribution in [-0.2, 0) is 11.0 Å². The molecule has 0 aliphatic heterocycles. The van der Waals surface area contributed by atoms with Gasteiger partial charge in [-0.3, -0.25) is 4.79 Å². The van der Waals surface area contributed by atoms with E-state index in [0.717, 1.165) is 23.9 Å². The molecule has 0 aliphatic carbocycles. The lowest BCUT2D eigenvalue weighted by Crippen LogP contribution is -2.40. The summed E-state index contributed by atoms with van der Waals surface area (Å²) in [6, 6.07) is 9.45. The van der Waals surface area contributed by atoms with E-state index in [2.05, 4.69) is 10.5 Å². The van der Waals surface area contributed by atoms with Crippen molar-refractivity contribution in [3.05, 3.63) is 64.3 Å². The van der Waals surface area contributed by atoms with Crippen LogP contribution in [0.25, 0.3) is 0 Å². The Morgan fingerprint density at radius 1 is 1.21 bits per heavy atom. The maximum atomic E-state index is 13.0. The number of halogens is 4. The van der Waals surface area contributed by atoms with Gasteiger partial charge in [0, 0.05) is 16.3 Å². The Bertz CT molecular complexity index is 926. The topological polar surface area (TPSA) is 82.3 Å². The van der Waals surface area contributed by atoms with Crippen LogP contribution in [0.15, 0.2) is 52.5 Å². The molecule has 0 saturated carbocycles. The van der Waals surface area contributed by atoms with Crippen molar-refractivity contribution in [1.82, 2.24) is 0 Å². The first-order valence-corrected chi connectivity index (χ1v) is 8.73. The maximum Gasteiger partial charge on any atom is 0.417 e. The number of amides is 1. The van der Waals surface area contributed by atoms with Crippen LogP contribution >= 0.6 is 11.8 Å². The molecule has 0 fully saturated rings. The van der Waals surface area contributed by atoms with E-state index < -0.39 is 34.6 Å². The molecular formula is C18H13F4N3O2S. The summed E-state index contributed by atoms with van der Waals surface area (Å²) in [5, 5.41) is 13.8. The van der Waals surface area contributed by atoms with Crippen molar-refractivity contribution in [2.75, 3.05) is 11.1 Å². The summed E-state index contributed by atoms with van der Waals surface area (Å²) < 4.78 is 52.0. The number of nitrogens with one attached hydrogen (secondary N) is 1. The zero-order valence-corrected chi connectivity index (χ0v) is 15.2. The number of carbonyl (C=O) groups is 1. The number of nitroso groups, excluding NO2 is 1. The molecule has 0 aliphatic rings. The van der Waals surface area contributed by atoms with Gasteiger partial charge in [-0.2, -0.15) is 18.4 Å². The normalized spacial score (nSPS) is 13.3. The molecule has 0 bridgehead atoms. The number of nitrogens with zero attached hydrogens (tertiary/aromatic N) is 2. The summed E-state index contributed by atoms with van der Waals surface area (Å²) in [7, 11) is 0. The Kier molecular flexibility index (Phi) is 6.41. The lowest BCUT2D eigenvalue weighted by atomic mass is 10.0. The van der Waals surface area contributed by atoms with Crippen LogP contribution in [0, 0.1) is 22.1 Å². The molecule has 0 aromatic heterocycles. The smallest absolute Gasteiger partial charge is 0.324 e. The number of carbonyl (C=O) groups excluding carboxylic acids is 1. The van der Waals surface area contributed by atoms with E-state index in [4.69, 9.17) is 5.26 Å². The van der Waals surface area contributed by atoms with Crippen molar-refractivity contribution in [1.29, 1.82) is 5.26 Å². The summed E-state index contributed by atoms with van der Waals surface area (Å²) in [5.74, 6) is -1.47. The number of hydrogen-bond acceptors (Lipinski definition) is 5. The Morgan fingerprint density at radius 2 is 1.86 bits per heavy atom. The maximum absolute atomic E-state index is 13.0. The first kappa shape index (κ1) is 21.4. The fourth-order valence-corrected chi connectivity index (χ4v) is 3.07. The van der Waals surface area contributed by atoms with Gasteiger partial charge >= 0.3 is 6.18 Å². The number of benzene rings is 2. The highest BCUT2D eigenvalue weighted by atomic mass is 32.2. The zero-order valence-electron chi connectivity index (χ0n) is 14.4. The minimum absolute atomic E-state index is 0.115. The summed E-state index contributed by atoms with van der Waals surface area (Å²) >= 11 is 1.07. The summed E-state index contributed by atoms with van der Waals surface area (Å²) in [6.07, 6.45) is -4.78. The van der Waals surface area contributed by atoms with E-state index in [-0.39, 0.29) is 11.4 Å². The highest BCUT2D eigenvalue weighted by Gasteiger charge is 2.37. The molecule has 0 saturated heterocycles. The minimum atomic E-state index is -4.78. The van der Waals surface area contributed by atoms with Crippen molar-refractivity contribution >= 4 is 23.4 Å². The van der Waals surface area contributed by atoms with Crippen LogP contribution < -0.4 is 5.32 Å². The molecule has 1 unspecified atom stereocenters. The molecule has 2 aromatic rings. The monoisotopic (exact) mass is 411 g/mol. The van der Waals surface area contributed by atoms with Gasteiger partial charge in [-0.05, 0) is 49.4 Å². The molecular weight excluding hydrogens is 398 g/mol. The van der Waals surface area contributed by atoms with E-state index in [1.54, 1.807) is 0 Å². The molecule has 5 nitrogen and oxygen atoms in total. The van der Waals surface area contributed by atoms with E-state index >= 15 is 0 Å². The molecule has 1 amide bonds. The van der Waals surface area contributed by atoms with Crippen molar-refractivity contribution in [2.24, 2.45) is 5.18 Å². The van der Waals surface area contributed by atoms with Crippen molar-refractivity contribution in [3.63, 3.8) is 0 Å². The predicted molar refractivity (Wildman–Crippen MR) is 96.1 cm³/mol. The lowest BCUT2D eigenvalue weighted by molar-refractivity contribution is -0.137. The van der Waals surface area contributed by atoms with Crippen LogP contribution in [0.2, 0.25) is 0 Å². The van der Waals surface area contributed by atoms with Crippen LogP contribution in [-0.4, -0.2) is 17.2 Å². The fourth-order valence-electron chi connectivity index (χ4n) is 2.11. The number of rotatable bonds is 6. The third-order valence-corrected chi connectivity index (χ3v) is 5.04. The minimum Gasteiger partial charge on any atom is -0.324 e. The quantitative estimate of drug-likeness (QED) is 0.413. The summed E-state index contributed by atoms with van der Waals surface area (Å²) in [4.78, 5) is 24.3. The molecule has 146 valence electrons. The third kappa shape index (κ3) is 5.07. The predicted octanol–water partition coefficient (Wildman–Crippen LogP) is 4.97. The van der Waals surface area contributed by atoms with Gasteiger partial charge in [0.1, 0.15) is 5.82 Å². The van der Waals surface area contributed by atoms with Gasteiger partial charge in [0.25, 0.3) is 5.91 Å². The van der Waals surface area contributed by atoms with Gasteiger partial charge < -0.3 is 5.32 Å². The molecule has 28 heavy (non-hydrogen) atoms. The van der Waals surface area contributed by atoms with Gasteiger partial charge in [0.2, 0.25) is 0 Å². The van der Waals surface area contributed by atoms with Crippen LogP contribution in [0.5, 0.6) is 0 Å². The Hall–Kier alpha value is -2.93. The second-order valence-electron chi connectivity index (χ2n) is 5.93. The number of thioether (sulfide) groups is 1. The SMILES string of the molecule is CC(CSc1ccc(F)cc1)(N=O)C(=O)Nc1ccc(C#N)c(C(F)(F)F)c1. The largest absolute Gasteiger partial charge is 0.417 e. The molecule has 10 heteroatoms. The molecule has 0 spiro atoms. The number of alkyl halides is 3. The molecule has 2 rings (SSSR count). The van der Waals surface area contributed by atoms with Crippen molar-refractivity contribution < 1.29 is 22.4 Å². The second kappa shape index (κ2) is 8.39. The van der Waals surface area contributed by atoms with Crippen LogP contribution in [0.3, 0.4) is 0 Å². The fraction of sp³-hybridized carbons (Fsp3) is 0.222. The van der Waals surface area contributed by atoms with E-state index in [1.807, 2.05) is 0 Å². The number of anilines is 1. The molecule has 1 atom stereocenters. The van der Waals surface area contributed by atoms with Gasteiger partial charge in [-0.1, -0.05) is 5.18 Å². The Labute approximate surface area is 161 Å². The van der Waals surface area contributed by atoms with Crippen LogP contribution in [0.4, 0.5) is 23.2 Å². The number of nitriles is 1. The van der Waals surface area contributed by atoms with Crippen molar-refractivity contribution in [2.45, 2.75) is 23.5 Å². The van der Waals surface area contributed by atoms with E-state index in [9.17, 15) is 27.3 Å². The molecule has 0 radical (unpaired) electrons. The highest BCUT2D eigenvalue weighted by Crippen LogP contribution is 2.34. The summed E-state index contributed by atoms with van der Waals surface area (Å²) in [6.45, 7) is 1.24. The second-order valence-corrected chi connectivity index (χ2v) is 6.98. The number of hydrogen-bond donors (Lipinski definition) is 1. The van der Waals surface area contributed by atoms with E-state index in [1.165, 1.54) is 37.3 Å². The summed E-state index contributed by atoms with van der Waals surface area (Å²) in [5.41, 5.74) is -3.80. The Morgan fingerprint density at radius 3 is 2.39 bits per heavy atom. The molecule has 0 heterocycles. The average molecular weight is 411 g/mol. The van der Waals surface area contributed by atoms with Gasteiger partial charge in [0.15, 0.2) is 5.54 Å². The van der Waals surface area contributed by atoms with Gasteiger partial charge in [0.05, 0.1) is 17.2 Å². The average Bonchev–Trinajstić information content (AvgIpc) is 2.66.